The lowest BCUT2D eigenvalue weighted by molar-refractivity contribution is -0.124. The number of carbonyl (C=O) groups excluding carboxylic acids is 1. The lowest BCUT2D eigenvalue weighted by Crippen LogP contribution is -2.54. The summed E-state index contributed by atoms with van der Waals surface area (Å²) in [5.74, 6) is 0.447. The van der Waals surface area contributed by atoms with E-state index < -0.39 is 5.54 Å². The Morgan fingerprint density at radius 2 is 2.42 bits per heavy atom. The highest BCUT2D eigenvalue weighted by Gasteiger charge is 2.36. The summed E-state index contributed by atoms with van der Waals surface area (Å²) in [7, 11) is 0. The molecular weight excluding hydrogens is 282 g/mol. The Hall–Kier alpha value is -0.780. The summed E-state index contributed by atoms with van der Waals surface area (Å²) in [6.07, 6.45) is 4.63. The van der Waals surface area contributed by atoms with Gasteiger partial charge in [-0.3, -0.25) is 4.79 Å². The average Bonchev–Trinajstić information content (AvgIpc) is 3.15. The van der Waals surface area contributed by atoms with Crippen LogP contribution in [0.25, 0.3) is 0 Å². The monoisotopic (exact) mass is 299 g/mol. The van der Waals surface area contributed by atoms with Gasteiger partial charge in [-0.25, -0.2) is 4.98 Å². The molecule has 1 fully saturated rings. The van der Waals surface area contributed by atoms with Crippen LogP contribution in [-0.2, 0) is 4.79 Å². The fraction of sp³-hybridized carbons (Fsp3) is 0.538. The molecule has 4 nitrogen and oxygen atoms in total. The van der Waals surface area contributed by atoms with Crippen molar-refractivity contribution in [3.8, 4) is 0 Å². The third-order valence-corrected chi connectivity index (χ3v) is 4.63. The average molecular weight is 300 g/mol. The van der Waals surface area contributed by atoms with Crippen molar-refractivity contribution >= 4 is 29.3 Å². The number of primary amides is 1. The summed E-state index contributed by atoms with van der Waals surface area (Å²) in [6, 6.07) is 4.06. The minimum absolute atomic E-state index is 0.299. The number of nitrogens with one attached hydrogen (secondary N) is 1. The van der Waals surface area contributed by atoms with Crippen molar-refractivity contribution < 1.29 is 4.79 Å². The van der Waals surface area contributed by atoms with Gasteiger partial charge in [-0.1, -0.05) is 11.6 Å². The van der Waals surface area contributed by atoms with Crippen LogP contribution in [0, 0.1) is 0 Å². The maximum Gasteiger partial charge on any atom is 0.237 e. The number of amides is 1. The van der Waals surface area contributed by atoms with Crippen molar-refractivity contribution in [3.05, 3.63) is 23.4 Å². The molecule has 19 heavy (non-hydrogen) atoms. The van der Waals surface area contributed by atoms with E-state index in [1.807, 2.05) is 13.0 Å². The van der Waals surface area contributed by atoms with Crippen LogP contribution in [-0.4, -0.2) is 28.2 Å². The van der Waals surface area contributed by atoms with E-state index >= 15 is 0 Å². The quantitative estimate of drug-likeness (QED) is 0.758. The molecule has 1 heterocycles. The van der Waals surface area contributed by atoms with Crippen LogP contribution in [0.3, 0.4) is 0 Å². The Labute approximate surface area is 122 Å². The first kappa shape index (κ1) is 14.6. The lowest BCUT2D eigenvalue weighted by atomic mass is 9.98. The zero-order valence-corrected chi connectivity index (χ0v) is 12.4. The smallest absolute Gasteiger partial charge is 0.237 e. The molecule has 104 valence electrons. The van der Waals surface area contributed by atoms with E-state index in [4.69, 9.17) is 17.3 Å². The van der Waals surface area contributed by atoms with Gasteiger partial charge in [0.15, 0.2) is 0 Å². The third kappa shape index (κ3) is 4.09. The number of rotatable bonds is 7. The first-order valence-corrected chi connectivity index (χ1v) is 7.68. The van der Waals surface area contributed by atoms with Gasteiger partial charge < -0.3 is 11.1 Å². The molecule has 1 unspecified atom stereocenters. The van der Waals surface area contributed by atoms with Crippen molar-refractivity contribution in [3.63, 3.8) is 0 Å². The fourth-order valence-electron chi connectivity index (χ4n) is 1.77. The Bertz CT molecular complexity index is 467. The number of halogens is 1. The number of nitrogens with zero attached hydrogens (tertiary/aromatic N) is 1. The number of carbonyl (C=O) groups is 1. The number of aromatic nitrogens is 1. The van der Waals surface area contributed by atoms with Gasteiger partial charge in [0, 0.05) is 18.0 Å². The molecule has 1 aromatic rings. The summed E-state index contributed by atoms with van der Waals surface area (Å²) in [5.41, 5.74) is 4.86. The number of nitrogens with two attached hydrogens (primary N) is 1. The molecule has 1 atom stereocenters. The van der Waals surface area contributed by atoms with E-state index in [0.29, 0.717) is 17.5 Å². The molecule has 1 aromatic heterocycles. The van der Waals surface area contributed by atoms with Gasteiger partial charge in [-0.2, -0.15) is 0 Å². The predicted octanol–water partition coefficient (Wildman–Crippen LogP) is 2.21. The maximum absolute atomic E-state index is 11.6. The number of thioether (sulfide) groups is 1. The van der Waals surface area contributed by atoms with Crippen LogP contribution >= 0.6 is 23.4 Å². The van der Waals surface area contributed by atoms with Crippen molar-refractivity contribution in [2.24, 2.45) is 5.73 Å². The lowest BCUT2D eigenvalue weighted by Gasteiger charge is -2.27. The molecule has 0 aromatic carbocycles. The second-order valence-corrected chi connectivity index (χ2v) is 6.49. The van der Waals surface area contributed by atoms with Crippen molar-refractivity contribution in [2.45, 2.75) is 42.8 Å². The Morgan fingerprint density at radius 1 is 1.68 bits per heavy atom. The van der Waals surface area contributed by atoms with Gasteiger partial charge in [0.2, 0.25) is 5.91 Å². The van der Waals surface area contributed by atoms with Crippen LogP contribution in [0.2, 0.25) is 5.02 Å². The Morgan fingerprint density at radius 3 is 3.00 bits per heavy atom. The highest BCUT2D eigenvalue weighted by Crippen LogP contribution is 2.28. The molecule has 1 aliphatic carbocycles. The van der Waals surface area contributed by atoms with E-state index in [1.165, 1.54) is 0 Å². The van der Waals surface area contributed by atoms with Crippen molar-refractivity contribution in [2.75, 3.05) is 5.75 Å². The molecule has 1 aliphatic rings. The van der Waals surface area contributed by atoms with Gasteiger partial charge in [0.25, 0.3) is 0 Å². The Balaban J connectivity index is 1.88. The van der Waals surface area contributed by atoms with E-state index in [2.05, 4.69) is 10.3 Å². The zero-order valence-electron chi connectivity index (χ0n) is 10.9. The molecule has 0 radical (unpaired) electrons. The zero-order chi connectivity index (χ0) is 13.9. The van der Waals surface area contributed by atoms with Gasteiger partial charge in [-0.05, 0) is 38.3 Å². The van der Waals surface area contributed by atoms with Crippen LogP contribution in [0.4, 0.5) is 0 Å². The molecule has 0 spiro atoms. The fourth-order valence-corrected chi connectivity index (χ4v) is 3.10. The largest absolute Gasteiger partial charge is 0.368 e. The Kier molecular flexibility index (Phi) is 4.71. The van der Waals surface area contributed by atoms with Crippen LogP contribution in [0.1, 0.15) is 26.2 Å². The minimum Gasteiger partial charge on any atom is -0.368 e. The molecule has 3 N–H and O–H groups in total. The van der Waals surface area contributed by atoms with Crippen LogP contribution in [0.5, 0.6) is 0 Å². The molecule has 6 heteroatoms. The van der Waals surface area contributed by atoms with E-state index in [0.717, 1.165) is 23.6 Å². The van der Waals surface area contributed by atoms with Gasteiger partial charge in [0.1, 0.15) is 5.03 Å². The van der Waals surface area contributed by atoms with Crippen molar-refractivity contribution in [1.29, 1.82) is 0 Å². The van der Waals surface area contributed by atoms with Gasteiger partial charge in [-0.15, -0.1) is 11.8 Å². The summed E-state index contributed by atoms with van der Waals surface area (Å²) < 4.78 is 0. The molecule has 0 aliphatic heterocycles. The second kappa shape index (κ2) is 6.11. The molecular formula is C13H18ClN3OS. The molecule has 0 saturated heterocycles. The van der Waals surface area contributed by atoms with E-state index in [9.17, 15) is 4.79 Å². The SMILES string of the molecule is CC(CCSc1ncccc1Cl)(NC1CC1)C(N)=O. The molecule has 2 rings (SSSR count). The van der Waals surface area contributed by atoms with E-state index in [-0.39, 0.29) is 5.91 Å². The summed E-state index contributed by atoms with van der Waals surface area (Å²) in [6.45, 7) is 1.87. The van der Waals surface area contributed by atoms with Gasteiger partial charge in [0.05, 0.1) is 10.6 Å². The van der Waals surface area contributed by atoms with Gasteiger partial charge >= 0.3 is 0 Å². The second-order valence-electron chi connectivity index (χ2n) is 5.00. The van der Waals surface area contributed by atoms with E-state index in [1.54, 1.807) is 24.0 Å². The molecule has 0 bridgehead atoms. The summed E-state index contributed by atoms with van der Waals surface area (Å²) >= 11 is 7.59. The first-order valence-electron chi connectivity index (χ1n) is 6.32. The number of hydrogen-bond acceptors (Lipinski definition) is 4. The van der Waals surface area contributed by atoms with Crippen molar-refractivity contribution in [1.82, 2.24) is 10.3 Å². The topological polar surface area (TPSA) is 68.0 Å². The first-order chi connectivity index (χ1) is 9.01. The normalized spacial score (nSPS) is 18.0. The highest BCUT2D eigenvalue weighted by atomic mass is 35.5. The third-order valence-electron chi connectivity index (χ3n) is 3.21. The van der Waals surface area contributed by atoms with Crippen LogP contribution in [0.15, 0.2) is 23.4 Å². The summed E-state index contributed by atoms with van der Waals surface area (Å²) in [5, 5.41) is 4.76. The summed E-state index contributed by atoms with van der Waals surface area (Å²) in [4.78, 5) is 15.8. The molecule has 1 amide bonds. The predicted molar refractivity (Wildman–Crippen MR) is 78.3 cm³/mol. The van der Waals surface area contributed by atoms with Crippen LogP contribution < -0.4 is 11.1 Å². The highest BCUT2D eigenvalue weighted by molar-refractivity contribution is 7.99. The minimum atomic E-state index is -0.643. The molecule has 1 saturated carbocycles. The standard InChI is InChI=1S/C13H18ClN3OS/c1-13(12(15)18,17-9-4-5-9)6-8-19-11-10(14)3-2-7-16-11/h2-3,7,9,17H,4-6,8H2,1H3,(H2,15,18). The number of hydrogen-bond donors (Lipinski definition) is 2. The number of pyridine rings is 1. The maximum atomic E-state index is 11.6.